The van der Waals surface area contributed by atoms with Crippen LogP contribution in [0.25, 0.3) is 0 Å². The second-order valence-electron chi connectivity index (χ2n) is 6.82. The Kier molecular flexibility index (Phi) is 3.89. The van der Waals surface area contributed by atoms with Crippen molar-refractivity contribution in [3.8, 4) is 0 Å². The topological polar surface area (TPSA) is 51.1 Å². The number of hydrogen-bond donors (Lipinski definition) is 3. The average molecular weight is 286 g/mol. The van der Waals surface area contributed by atoms with Crippen LogP contribution in [0.4, 0.5) is 11.4 Å². The molecule has 0 aliphatic carbocycles. The summed E-state index contributed by atoms with van der Waals surface area (Å²) < 4.78 is 0. The maximum atomic E-state index is 7.54. The van der Waals surface area contributed by atoms with Crippen molar-refractivity contribution in [2.75, 3.05) is 36.4 Å². The molecule has 0 saturated carbocycles. The first kappa shape index (κ1) is 14.4. The molecule has 0 unspecified atom stereocenters. The largest absolute Gasteiger partial charge is 0.382 e. The van der Waals surface area contributed by atoms with Gasteiger partial charge in [-0.25, -0.2) is 0 Å². The molecule has 21 heavy (non-hydrogen) atoms. The summed E-state index contributed by atoms with van der Waals surface area (Å²) in [5.41, 5.74) is 3.87. The summed E-state index contributed by atoms with van der Waals surface area (Å²) in [4.78, 5) is 2.48. The molecular weight excluding hydrogens is 260 g/mol. The second-order valence-corrected chi connectivity index (χ2v) is 6.82. The quantitative estimate of drug-likeness (QED) is 0.746. The van der Waals surface area contributed by atoms with Crippen molar-refractivity contribution >= 4 is 17.6 Å². The lowest BCUT2D eigenvalue weighted by atomic mass is 9.72. The van der Waals surface area contributed by atoms with Crippen LogP contribution in [0, 0.1) is 10.8 Å². The molecule has 0 amide bonds. The van der Waals surface area contributed by atoms with Gasteiger partial charge < -0.3 is 20.9 Å². The van der Waals surface area contributed by atoms with Gasteiger partial charge in [-0.15, -0.1) is 0 Å². The van der Waals surface area contributed by atoms with E-state index < -0.39 is 0 Å². The summed E-state index contributed by atoms with van der Waals surface area (Å²) in [6.07, 6.45) is 4.04. The highest BCUT2D eigenvalue weighted by molar-refractivity contribution is 5.87. The van der Waals surface area contributed by atoms with Gasteiger partial charge in [0.25, 0.3) is 0 Å². The van der Waals surface area contributed by atoms with Gasteiger partial charge in [-0.2, -0.15) is 0 Å². The zero-order valence-electron chi connectivity index (χ0n) is 13.1. The van der Waals surface area contributed by atoms with Crippen LogP contribution in [0.15, 0.2) is 18.2 Å². The SMILES string of the molecule is CC(C)Nc1cc(N2CC3(CCNCC3)C2)ccc1C=N. The lowest BCUT2D eigenvalue weighted by Gasteiger charge is -2.53. The van der Waals surface area contributed by atoms with E-state index in [1.165, 1.54) is 50.9 Å². The molecule has 0 bridgehead atoms. The molecule has 0 atom stereocenters. The van der Waals surface area contributed by atoms with E-state index in [1.54, 1.807) is 0 Å². The van der Waals surface area contributed by atoms with Gasteiger partial charge in [0.1, 0.15) is 0 Å². The number of hydrogen-bond acceptors (Lipinski definition) is 4. The lowest BCUT2D eigenvalue weighted by Crippen LogP contribution is -2.60. The van der Waals surface area contributed by atoms with Crippen LogP contribution >= 0.6 is 0 Å². The number of rotatable bonds is 4. The zero-order valence-corrected chi connectivity index (χ0v) is 13.1. The fraction of sp³-hybridized carbons (Fsp3) is 0.588. The predicted molar refractivity (Wildman–Crippen MR) is 89.8 cm³/mol. The van der Waals surface area contributed by atoms with E-state index in [-0.39, 0.29) is 0 Å². The zero-order chi connectivity index (χ0) is 14.9. The Morgan fingerprint density at radius 2 is 2.00 bits per heavy atom. The number of benzene rings is 1. The van der Waals surface area contributed by atoms with Gasteiger partial charge in [-0.1, -0.05) is 0 Å². The summed E-state index contributed by atoms with van der Waals surface area (Å²) in [7, 11) is 0. The lowest BCUT2D eigenvalue weighted by molar-refractivity contribution is 0.150. The molecular formula is C17H26N4. The first-order valence-corrected chi connectivity index (χ1v) is 7.99. The van der Waals surface area contributed by atoms with Gasteiger partial charge in [0.15, 0.2) is 0 Å². The predicted octanol–water partition coefficient (Wildman–Crippen LogP) is 2.69. The molecule has 1 aromatic carbocycles. The molecule has 2 saturated heterocycles. The van der Waals surface area contributed by atoms with Gasteiger partial charge in [-0.05, 0) is 58.0 Å². The number of nitrogens with one attached hydrogen (secondary N) is 3. The third-order valence-corrected chi connectivity index (χ3v) is 4.72. The van der Waals surface area contributed by atoms with Gasteiger partial charge in [0, 0.05) is 47.7 Å². The first-order chi connectivity index (χ1) is 10.1. The van der Waals surface area contributed by atoms with E-state index in [4.69, 9.17) is 5.41 Å². The Balaban J connectivity index is 1.73. The minimum absolute atomic E-state index is 0.381. The van der Waals surface area contributed by atoms with Crippen LogP contribution in [0.5, 0.6) is 0 Å². The summed E-state index contributed by atoms with van der Waals surface area (Å²) in [6, 6.07) is 6.79. The van der Waals surface area contributed by atoms with E-state index >= 15 is 0 Å². The fourth-order valence-electron chi connectivity index (χ4n) is 3.52. The smallest absolute Gasteiger partial charge is 0.0451 e. The third-order valence-electron chi connectivity index (χ3n) is 4.72. The highest BCUT2D eigenvalue weighted by Gasteiger charge is 2.43. The highest BCUT2D eigenvalue weighted by atomic mass is 15.2. The molecule has 3 rings (SSSR count). The van der Waals surface area contributed by atoms with E-state index in [2.05, 4.69) is 47.6 Å². The molecule has 4 nitrogen and oxygen atoms in total. The van der Waals surface area contributed by atoms with Gasteiger partial charge >= 0.3 is 0 Å². The molecule has 3 N–H and O–H groups in total. The minimum atomic E-state index is 0.381. The molecule has 1 spiro atoms. The van der Waals surface area contributed by atoms with Crippen LogP contribution in [0.2, 0.25) is 0 Å². The normalized spacial score (nSPS) is 20.4. The number of anilines is 2. The maximum Gasteiger partial charge on any atom is 0.0451 e. The Labute approximate surface area is 127 Å². The third kappa shape index (κ3) is 2.91. The Morgan fingerprint density at radius 3 is 2.62 bits per heavy atom. The summed E-state index contributed by atoms with van der Waals surface area (Å²) >= 11 is 0. The average Bonchev–Trinajstić information content (AvgIpc) is 2.45. The molecule has 114 valence electrons. The van der Waals surface area contributed by atoms with Crippen LogP contribution in [0.3, 0.4) is 0 Å². The van der Waals surface area contributed by atoms with Gasteiger partial charge in [0.2, 0.25) is 0 Å². The van der Waals surface area contributed by atoms with Gasteiger partial charge in [-0.3, -0.25) is 0 Å². The molecule has 2 heterocycles. The van der Waals surface area contributed by atoms with Gasteiger partial charge in [0.05, 0.1) is 0 Å². The molecule has 2 aliphatic heterocycles. The highest BCUT2D eigenvalue weighted by Crippen LogP contribution is 2.41. The van der Waals surface area contributed by atoms with Crippen molar-refractivity contribution in [3.05, 3.63) is 23.8 Å². The van der Waals surface area contributed by atoms with E-state index in [0.29, 0.717) is 11.5 Å². The van der Waals surface area contributed by atoms with Crippen molar-refractivity contribution in [1.82, 2.24) is 5.32 Å². The molecule has 4 heteroatoms. The summed E-state index contributed by atoms with van der Waals surface area (Å²) in [5, 5.41) is 14.4. The van der Waals surface area contributed by atoms with Crippen molar-refractivity contribution in [2.45, 2.75) is 32.7 Å². The van der Waals surface area contributed by atoms with Crippen molar-refractivity contribution < 1.29 is 0 Å². The van der Waals surface area contributed by atoms with Crippen LogP contribution in [0.1, 0.15) is 32.3 Å². The Bertz CT molecular complexity index is 510. The monoisotopic (exact) mass is 286 g/mol. The van der Waals surface area contributed by atoms with Crippen molar-refractivity contribution in [1.29, 1.82) is 5.41 Å². The Morgan fingerprint density at radius 1 is 1.29 bits per heavy atom. The molecule has 2 fully saturated rings. The van der Waals surface area contributed by atoms with E-state index in [1.807, 2.05) is 0 Å². The van der Waals surface area contributed by atoms with Crippen molar-refractivity contribution in [3.63, 3.8) is 0 Å². The number of nitrogens with zero attached hydrogens (tertiary/aromatic N) is 1. The van der Waals surface area contributed by atoms with E-state index in [0.717, 1.165) is 11.3 Å². The fourth-order valence-corrected chi connectivity index (χ4v) is 3.52. The molecule has 1 aromatic rings. The van der Waals surface area contributed by atoms with Crippen molar-refractivity contribution in [2.24, 2.45) is 5.41 Å². The standard InChI is InChI=1S/C17H26N4/c1-13(2)20-16-9-15(4-3-14(16)10-18)21-11-17(12-21)5-7-19-8-6-17/h3-4,9-10,13,18-20H,5-8,11-12H2,1-2H3. The first-order valence-electron chi connectivity index (χ1n) is 7.99. The number of piperidine rings is 1. The minimum Gasteiger partial charge on any atom is -0.382 e. The Hall–Kier alpha value is -1.55. The molecule has 0 aromatic heterocycles. The van der Waals surface area contributed by atoms with Crippen LogP contribution in [-0.2, 0) is 0 Å². The second kappa shape index (κ2) is 5.68. The van der Waals surface area contributed by atoms with Crippen LogP contribution < -0.4 is 15.5 Å². The molecule has 2 aliphatic rings. The van der Waals surface area contributed by atoms with E-state index in [9.17, 15) is 0 Å². The summed E-state index contributed by atoms with van der Waals surface area (Å²) in [5.74, 6) is 0. The van der Waals surface area contributed by atoms with Crippen LogP contribution in [-0.4, -0.2) is 38.4 Å². The maximum absolute atomic E-state index is 7.54. The molecule has 0 radical (unpaired) electrons. The summed E-state index contributed by atoms with van der Waals surface area (Å²) in [6.45, 7) is 8.96.